The molecule has 0 aliphatic carbocycles. The molecule has 252 valence electrons. The smallest absolute Gasteiger partial charge is 0.136 e. The molecule has 0 saturated carbocycles. The molecule has 1 heterocycles. The zero-order valence-electron chi connectivity index (χ0n) is 29.4. The van der Waals surface area contributed by atoms with Crippen LogP contribution in [0.4, 0.5) is 17.1 Å². The second kappa shape index (κ2) is 12.2. The van der Waals surface area contributed by atoms with Gasteiger partial charge in [0, 0.05) is 27.8 Å². The molecule has 0 bridgehead atoms. The maximum Gasteiger partial charge on any atom is 0.136 e. The lowest BCUT2D eigenvalue weighted by molar-refractivity contribution is 0.669. The Morgan fingerprint density at radius 3 is 1.39 bits per heavy atom. The zero-order valence-corrected chi connectivity index (χ0v) is 29.4. The van der Waals surface area contributed by atoms with Gasteiger partial charge in [0.2, 0.25) is 0 Å². The van der Waals surface area contributed by atoms with Crippen molar-refractivity contribution in [3.8, 4) is 22.3 Å². The van der Waals surface area contributed by atoms with E-state index in [1.807, 2.05) is 0 Å². The predicted octanol–water partition coefficient (Wildman–Crippen LogP) is 15.0. The van der Waals surface area contributed by atoms with Gasteiger partial charge in [-0.1, -0.05) is 152 Å². The van der Waals surface area contributed by atoms with E-state index < -0.39 is 0 Å². The topological polar surface area (TPSA) is 16.4 Å². The van der Waals surface area contributed by atoms with E-state index in [1.165, 1.54) is 65.3 Å². The van der Waals surface area contributed by atoms with Crippen molar-refractivity contribution >= 4 is 82.1 Å². The highest BCUT2D eigenvalue weighted by molar-refractivity contribution is 6.26. The molecule has 2 heteroatoms. The van der Waals surface area contributed by atoms with E-state index >= 15 is 0 Å². The van der Waals surface area contributed by atoms with Crippen LogP contribution in [0.1, 0.15) is 0 Å². The van der Waals surface area contributed by atoms with Crippen LogP contribution in [0.2, 0.25) is 0 Å². The molecule has 0 spiro atoms. The van der Waals surface area contributed by atoms with E-state index in [4.69, 9.17) is 4.42 Å². The molecule has 0 radical (unpaired) electrons. The standard InChI is InChI=1S/C52H33NO/c1-3-13-34(14-4-1)35-23-25-37(26-24-35)53(38-27-29-45-42-19-8-7-17-40(42)41-18-9-10-20-43(41)48(45)31-38)39-28-30-50-49(32-39)52-46-22-12-11-21-44(46)47(33-51(52)54-50)36-15-5-2-6-16-36/h1-33H. The number of benzene rings is 10. The molecule has 0 fully saturated rings. The predicted molar refractivity (Wildman–Crippen MR) is 229 cm³/mol. The third kappa shape index (κ3) is 4.81. The first kappa shape index (κ1) is 30.5. The quantitative estimate of drug-likeness (QED) is 0.168. The highest BCUT2D eigenvalue weighted by Gasteiger charge is 2.20. The molecule has 0 aliphatic heterocycles. The Hall–Kier alpha value is -7.16. The number of nitrogens with zero attached hydrogens (tertiary/aromatic N) is 1. The Balaban J connectivity index is 1.15. The van der Waals surface area contributed by atoms with Gasteiger partial charge in [0.1, 0.15) is 11.2 Å². The number of hydrogen-bond acceptors (Lipinski definition) is 2. The van der Waals surface area contributed by atoms with E-state index in [-0.39, 0.29) is 0 Å². The zero-order chi connectivity index (χ0) is 35.6. The van der Waals surface area contributed by atoms with Crippen LogP contribution in [0.3, 0.4) is 0 Å². The summed E-state index contributed by atoms with van der Waals surface area (Å²) in [6.45, 7) is 0. The summed E-state index contributed by atoms with van der Waals surface area (Å²) in [7, 11) is 0. The molecule has 11 aromatic rings. The summed E-state index contributed by atoms with van der Waals surface area (Å²) in [5.41, 5.74) is 9.76. The van der Waals surface area contributed by atoms with Crippen molar-refractivity contribution in [2.45, 2.75) is 0 Å². The first-order valence-corrected chi connectivity index (χ1v) is 18.5. The third-order valence-corrected chi connectivity index (χ3v) is 11.0. The van der Waals surface area contributed by atoms with Crippen LogP contribution >= 0.6 is 0 Å². The fourth-order valence-corrected chi connectivity index (χ4v) is 8.54. The van der Waals surface area contributed by atoms with Crippen LogP contribution in [0.5, 0.6) is 0 Å². The number of fused-ring (bicyclic) bond motifs is 11. The van der Waals surface area contributed by atoms with E-state index in [2.05, 4.69) is 205 Å². The number of anilines is 3. The van der Waals surface area contributed by atoms with Gasteiger partial charge in [-0.25, -0.2) is 0 Å². The minimum Gasteiger partial charge on any atom is -0.456 e. The molecule has 11 rings (SSSR count). The monoisotopic (exact) mass is 687 g/mol. The van der Waals surface area contributed by atoms with Crippen molar-refractivity contribution in [1.82, 2.24) is 0 Å². The summed E-state index contributed by atoms with van der Waals surface area (Å²) in [4.78, 5) is 2.39. The first-order chi connectivity index (χ1) is 26.8. The first-order valence-electron chi connectivity index (χ1n) is 18.5. The minimum absolute atomic E-state index is 0.875. The summed E-state index contributed by atoms with van der Waals surface area (Å²) in [5, 5.41) is 12.2. The van der Waals surface area contributed by atoms with Crippen LogP contribution in [-0.4, -0.2) is 0 Å². The second-order valence-corrected chi connectivity index (χ2v) is 14.1. The summed E-state index contributed by atoms with van der Waals surface area (Å²) < 4.78 is 6.66. The maximum atomic E-state index is 6.66. The number of rotatable bonds is 5. The van der Waals surface area contributed by atoms with Gasteiger partial charge in [-0.15, -0.1) is 0 Å². The Labute approximate surface area is 312 Å². The second-order valence-electron chi connectivity index (χ2n) is 14.1. The Bertz CT molecular complexity index is 3160. The largest absolute Gasteiger partial charge is 0.456 e. The van der Waals surface area contributed by atoms with E-state index in [1.54, 1.807) is 0 Å². The molecule has 0 N–H and O–H groups in total. The van der Waals surface area contributed by atoms with Gasteiger partial charge in [-0.05, 0) is 114 Å². The molecular weight excluding hydrogens is 655 g/mol. The van der Waals surface area contributed by atoms with Crippen molar-refractivity contribution in [2.24, 2.45) is 0 Å². The lowest BCUT2D eigenvalue weighted by atomic mass is 9.94. The minimum atomic E-state index is 0.875. The van der Waals surface area contributed by atoms with Gasteiger partial charge in [0.15, 0.2) is 0 Å². The molecule has 0 saturated heterocycles. The van der Waals surface area contributed by atoms with Crippen LogP contribution in [0.25, 0.3) is 87.3 Å². The molecule has 0 amide bonds. The van der Waals surface area contributed by atoms with Gasteiger partial charge in [-0.3, -0.25) is 0 Å². The molecule has 1 aromatic heterocycles. The fraction of sp³-hybridized carbons (Fsp3) is 0. The summed E-state index contributed by atoms with van der Waals surface area (Å²) in [6, 6.07) is 72.2. The number of hydrogen-bond donors (Lipinski definition) is 0. The average molecular weight is 688 g/mol. The molecule has 0 unspecified atom stereocenters. The maximum absolute atomic E-state index is 6.66. The van der Waals surface area contributed by atoms with Gasteiger partial charge in [0.25, 0.3) is 0 Å². The van der Waals surface area contributed by atoms with Crippen LogP contribution in [-0.2, 0) is 0 Å². The Kier molecular flexibility index (Phi) is 6.90. The summed E-state index contributed by atoms with van der Waals surface area (Å²) in [6.07, 6.45) is 0. The third-order valence-electron chi connectivity index (χ3n) is 11.0. The molecular formula is C52H33NO. The normalized spacial score (nSPS) is 11.7. The molecule has 0 aliphatic rings. The average Bonchev–Trinajstić information content (AvgIpc) is 3.63. The fourth-order valence-electron chi connectivity index (χ4n) is 8.54. The van der Waals surface area contributed by atoms with Crippen LogP contribution in [0, 0.1) is 0 Å². The van der Waals surface area contributed by atoms with Gasteiger partial charge < -0.3 is 9.32 Å². The Morgan fingerprint density at radius 2 is 0.741 bits per heavy atom. The van der Waals surface area contributed by atoms with Crippen molar-refractivity contribution < 1.29 is 4.42 Å². The molecule has 0 atom stereocenters. The summed E-state index contributed by atoms with van der Waals surface area (Å²) >= 11 is 0. The van der Waals surface area contributed by atoms with Crippen molar-refractivity contribution in [2.75, 3.05) is 4.90 Å². The molecule has 10 aromatic carbocycles. The molecule has 54 heavy (non-hydrogen) atoms. The van der Waals surface area contributed by atoms with Crippen LogP contribution < -0.4 is 4.90 Å². The van der Waals surface area contributed by atoms with E-state index in [0.29, 0.717) is 0 Å². The summed E-state index contributed by atoms with van der Waals surface area (Å²) in [5.74, 6) is 0. The van der Waals surface area contributed by atoms with Crippen molar-refractivity contribution in [3.63, 3.8) is 0 Å². The van der Waals surface area contributed by atoms with E-state index in [0.717, 1.165) is 39.0 Å². The Morgan fingerprint density at radius 1 is 0.278 bits per heavy atom. The lowest BCUT2D eigenvalue weighted by Crippen LogP contribution is -2.10. The van der Waals surface area contributed by atoms with Gasteiger partial charge in [-0.2, -0.15) is 0 Å². The highest BCUT2D eigenvalue weighted by Crippen LogP contribution is 2.45. The SMILES string of the molecule is c1ccc(-c2ccc(N(c3ccc4c5ccccc5c5ccccc5c4c3)c3ccc4oc5cc(-c6ccccc6)c6ccccc6c5c4c3)cc2)cc1. The van der Waals surface area contributed by atoms with Crippen LogP contribution in [0.15, 0.2) is 205 Å². The molecule has 2 nitrogen and oxygen atoms in total. The van der Waals surface area contributed by atoms with Gasteiger partial charge in [0.05, 0.1) is 0 Å². The number of furan rings is 1. The van der Waals surface area contributed by atoms with E-state index in [9.17, 15) is 0 Å². The highest BCUT2D eigenvalue weighted by atomic mass is 16.3. The lowest BCUT2D eigenvalue weighted by Gasteiger charge is -2.26. The van der Waals surface area contributed by atoms with Crippen molar-refractivity contribution in [1.29, 1.82) is 0 Å². The van der Waals surface area contributed by atoms with Crippen molar-refractivity contribution in [3.05, 3.63) is 200 Å². The van der Waals surface area contributed by atoms with Gasteiger partial charge >= 0.3 is 0 Å².